The molecule has 13 heteroatoms. The molecule has 41 heavy (non-hydrogen) atoms. The number of halogens is 1. The number of hydrogen-bond donors (Lipinski definition) is 8. The lowest BCUT2D eigenvalue weighted by molar-refractivity contribution is -0.167. The summed E-state index contributed by atoms with van der Waals surface area (Å²) in [5.41, 5.74) is 3.63. The molecule has 2 aromatic carbocycles. The minimum absolute atomic E-state index is 0.0167. The van der Waals surface area contributed by atoms with E-state index in [9.17, 15) is 39.2 Å². The molecule has 5 rings (SSSR count). The molecule has 1 saturated carbocycles. The number of nitrogens with one attached hydrogen (secondary N) is 3. The van der Waals surface area contributed by atoms with Gasteiger partial charge >= 0.3 is 0 Å². The number of aromatic hydroxyl groups is 1. The van der Waals surface area contributed by atoms with Crippen molar-refractivity contribution < 1.29 is 39.2 Å². The number of phenolic OH excluding ortho intramolecular Hbond substituents is 1. The normalized spacial score (nSPS) is 27.0. The summed E-state index contributed by atoms with van der Waals surface area (Å²) in [7, 11) is 3.46. The Morgan fingerprint density at radius 3 is 2.41 bits per heavy atom. The maximum atomic E-state index is 13.9. The molecule has 1 fully saturated rings. The molecule has 0 aliphatic heterocycles. The minimum atomic E-state index is -2.60. The quantitative estimate of drug-likeness (QED) is 0.115. The van der Waals surface area contributed by atoms with Crippen molar-refractivity contribution >= 4 is 40.5 Å². The van der Waals surface area contributed by atoms with Crippen LogP contribution < -0.4 is 21.3 Å². The van der Waals surface area contributed by atoms with Gasteiger partial charge in [-0.3, -0.25) is 19.8 Å². The molecule has 0 bridgehead atoms. The summed E-state index contributed by atoms with van der Waals surface area (Å²) in [5.74, 6) is -8.72. The molecule has 2 unspecified atom stereocenters. The van der Waals surface area contributed by atoms with Crippen LogP contribution in [0.25, 0.3) is 0 Å². The third kappa shape index (κ3) is 4.37. The summed E-state index contributed by atoms with van der Waals surface area (Å²) in [5, 5.41) is 58.0. The molecular weight excluding hydrogens is 537 g/mol. The molecule has 0 radical (unpaired) electrons. The highest BCUT2D eigenvalue weighted by Crippen LogP contribution is 2.53. The Hall–Kier alpha value is -4.49. The molecule has 216 valence electrons. The van der Waals surface area contributed by atoms with E-state index in [0.29, 0.717) is 16.9 Å². The summed E-state index contributed by atoms with van der Waals surface area (Å²) < 4.78 is 13.2. The van der Waals surface area contributed by atoms with Crippen molar-refractivity contribution in [1.82, 2.24) is 0 Å². The Bertz CT molecular complexity index is 1520. The van der Waals surface area contributed by atoms with Crippen molar-refractivity contribution in [3.63, 3.8) is 0 Å². The van der Waals surface area contributed by atoms with Crippen LogP contribution in [0.4, 0.5) is 21.5 Å². The number of phenols is 1. The molecule has 9 N–H and O–H groups in total. The van der Waals surface area contributed by atoms with Crippen molar-refractivity contribution in [3.8, 4) is 5.75 Å². The molecule has 0 spiro atoms. The van der Waals surface area contributed by atoms with Crippen molar-refractivity contribution in [3.05, 3.63) is 58.6 Å². The van der Waals surface area contributed by atoms with Crippen molar-refractivity contribution in [2.75, 3.05) is 29.6 Å². The van der Waals surface area contributed by atoms with Crippen LogP contribution in [0.1, 0.15) is 28.8 Å². The van der Waals surface area contributed by atoms with Crippen molar-refractivity contribution in [1.29, 1.82) is 5.41 Å². The van der Waals surface area contributed by atoms with Crippen LogP contribution in [-0.2, 0) is 16.0 Å². The van der Waals surface area contributed by atoms with Gasteiger partial charge in [-0.15, -0.1) is 0 Å². The molecule has 12 nitrogen and oxygen atoms in total. The van der Waals surface area contributed by atoms with Gasteiger partial charge in [-0.05, 0) is 61.1 Å². The van der Waals surface area contributed by atoms with Crippen LogP contribution in [-0.4, -0.2) is 69.7 Å². The molecule has 0 heterocycles. The second kappa shape index (κ2) is 9.85. The van der Waals surface area contributed by atoms with E-state index in [-0.39, 0.29) is 42.0 Å². The van der Waals surface area contributed by atoms with E-state index in [1.807, 2.05) is 0 Å². The van der Waals surface area contributed by atoms with E-state index in [1.165, 1.54) is 24.3 Å². The van der Waals surface area contributed by atoms with Crippen molar-refractivity contribution in [2.24, 2.45) is 23.5 Å². The average molecular weight is 568 g/mol. The first kappa shape index (κ1) is 28.1. The fourth-order valence-corrected chi connectivity index (χ4v) is 6.31. The van der Waals surface area contributed by atoms with Gasteiger partial charge in [0.2, 0.25) is 5.91 Å². The van der Waals surface area contributed by atoms with Gasteiger partial charge in [-0.1, -0.05) is 0 Å². The molecule has 3 aliphatic carbocycles. The molecule has 5 atom stereocenters. The SMILES string of the molecule is CN(C)c1cc(NC(=N)Nc2ccc(F)cc2)c(O)c2c1C[C@H]1C[C@H]3CC(O)C(C(N)=O)C(=O)[C@@]3(O)C(O)=C1C2=O. The number of Topliss-reactive ketones (excluding diaryl/α,β-unsaturated/α-hetero) is 2. The fraction of sp³-hybridized carbons (Fsp3) is 0.357. The Morgan fingerprint density at radius 1 is 1.15 bits per heavy atom. The molecule has 1 amide bonds. The van der Waals surface area contributed by atoms with E-state index in [2.05, 4.69) is 10.6 Å². The van der Waals surface area contributed by atoms with E-state index in [4.69, 9.17) is 11.1 Å². The van der Waals surface area contributed by atoms with Gasteiger partial charge in [0.05, 0.1) is 17.4 Å². The number of anilines is 3. The van der Waals surface area contributed by atoms with Gasteiger partial charge < -0.3 is 41.7 Å². The number of aliphatic hydroxyl groups is 3. The summed E-state index contributed by atoms with van der Waals surface area (Å²) in [6, 6.07) is 6.80. The van der Waals surface area contributed by atoms with Gasteiger partial charge in [0.25, 0.3) is 0 Å². The average Bonchev–Trinajstić information content (AvgIpc) is 2.88. The highest BCUT2D eigenvalue weighted by Gasteiger charge is 2.62. The van der Waals surface area contributed by atoms with Gasteiger partial charge in [-0.25, -0.2) is 4.39 Å². The zero-order valence-electron chi connectivity index (χ0n) is 22.2. The molecule has 0 saturated heterocycles. The predicted octanol–water partition coefficient (Wildman–Crippen LogP) is 1.41. The number of carbonyl (C=O) groups is 3. The largest absolute Gasteiger partial charge is 0.508 e. The zero-order chi connectivity index (χ0) is 30.0. The predicted molar refractivity (Wildman–Crippen MR) is 146 cm³/mol. The first-order valence-corrected chi connectivity index (χ1v) is 12.9. The standard InChI is InChI=1S/C28H30FN5O7/c1-34(2)17-10-16(33-27(31)32-14-5-3-13(29)4-6-14)22(36)20-15(17)8-11-7-12-9-18(35)21(26(30)40)25(39)28(12,41)24(38)19(11)23(20)37/h3-6,10-12,18,21,35-36,38,41H,7-9H2,1-2H3,(H2,30,40)(H3,31,32,33)/t11-,12+,18?,21?,28+/m1/s1. The molecular formula is C28H30FN5O7. The molecule has 3 aliphatic rings. The molecule has 2 aromatic rings. The Balaban J connectivity index is 1.57. The van der Waals surface area contributed by atoms with E-state index in [1.54, 1.807) is 25.1 Å². The fourth-order valence-electron chi connectivity index (χ4n) is 6.31. The Kier molecular flexibility index (Phi) is 6.74. The van der Waals surface area contributed by atoms with Crippen LogP contribution in [0, 0.1) is 29.0 Å². The Morgan fingerprint density at radius 2 is 1.80 bits per heavy atom. The van der Waals surface area contributed by atoms with Crippen LogP contribution in [0.2, 0.25) is 0 Å². The van der Waals surface area contributed by atoms with Gasteiger partial charge in [0, 0.05) is 37.0 Å². The number of amides is 1. The van der Waals surface area contributed by atoms with Crippen LogP contribution >= 0.6 is 0 Å². The lowest BCUT2D eigenvalue weighted by atomic mass is 9.58. The third-order valence-electron chi connectivity index (χ3n) is 8.22. The number of ketones is 2. The second-order valence-corrected chi connectivity index (χ2v) is 10.9. The first-order valence-electron chi connectivity index (χ1n) is 12.9. The highest BCUT2D eigenvalue weighted by molar-refractivity contribution is 6.17. The molecule has 0 aromatic heterocycles. The number of aliphatic hydroxyl groups excluding tert-OH is 2. The zero-order valence-corrected chi connectivity index (χ0v) is 22.2. The maximum Gasteiger partial charge on any atom is 0.230 e. The van der Waals surface area contributed by atoms with E-state index >= 15 is 0 Å². The second-order valence-electron chi connectivity index (χ2n) is 10.9. The Labute approximate surface area is 233 Å². The summed E-state index contributed by atoms with van der Waals surface area (Å²) in [6.45, 7) is 0. The monoisotopic (exact) mass is 567 g/mol. The summed E-state index contributed by atoms with van der Waals surface area (Å²) in [6.07, 6.45) is -1.43. The number of primary amides is 1. The number of guanidine groups is 1. The lowest BCUT2D eigenvalue weighted by Crippen LogP contribution is -2.63. The lowest BCUT2D eigenvalue weighted by Gasteiger charge is -2.48. The topological polar surface area (TPSA) is 209 Å². The summed E-state index contributed by atoms with van der Waals surface area (Å²) >= 11 is 0. The van der Waals surface area contributed by atoms with Crippen LogP contribution in [0.15, 0.2) is 41.7 Å². The first-order chi connectivity index (χ1) is 19.2. The van der Waals surface area contributed by atoms with Gasteiger partial charge in [0.1, 0.15) is 17.5 Å². The number of allylic oxidation sites excluding steroid dienone is 1. The number of nitrogens with two attached hydrogens (primary N) is 1. The smallest absolute Gasteiger partial charge is 0.230 e. The summed E-state index contributed by atoms with van der Waals surface area (Å²) in [4.78, 5) is 40.7. The van der Waals surface area contributed by atoms with E-state index < -0.39 is 64.3 Å². The third-order valence-corrected chi connectivity index (χ3v) is 8.22. The van der Waals surface area contributed by atoms with E-state index in [0.717, 1.165) is 0 Å². The van der Waals surface area contributed by atoms with Crippen LogP contribution in [0.5, 0.6) is 5.75 Å². The number of carbonyl (C=O) groups excluding carboxylic acids is 3. The maximum absolute atomic E-state index is 13.9. The number of nitrogens with zero attached hydrogens (tertiary/aromatic N) is 1. The van der Waals surface area contributed by atoms with Gasteiger partial charge in [-0.2, -0.15) is 0 Å². The van der Waals surface area contributed by atoms with Crippen LogP contribution in [0.3, 0.4) is 0 Å². The number of rotatable bonds is 4. The van der Waals surface area contributed by atoms with Crippen molar-refractivity contribution in [2.45, 2.75) is 31.0 Å². The minimum Gasteiger partial charge on any atom is -0.508 e. The number of benzene rings is 2. The number of hydrogen-bond acceptors (Lipinski definition) is 9. The van der Waals surface area contributed by atoms with Gasteiger partial charge in [0.15, 0.2) is 28.9 Å². The highest BCUT2D eigenvalue weighted by atomic mass is 19.1. The number of fused-ring (bicyclic) bond motifs is 3.